The maximum atomic E-state index is 4.37. The summed E-state index contributed by atoms with van der Waals surface area (Å²) in [7, 11) is 1.85. The Balaban J connectivity index is 1.40. The molecule has 0 aliphatic heterocycles. The third kappa shape index (κ3) is 4.71. The van der Waals surface area contributed by atoms with E-state index in [0.717, 1.165) is 42.7 Å². The Labute approximate surface area is 150 Å². The van der Waals surface area contributed by atoms with Crippen molar-refractivity contribution >= 4 is 11.6 Å². The molecule has 2 aromatic heterocycles. The molecule has 2 heterocycles. The van der Waals surface area contributed by atoms with E-state index in [4.69, 9.17) is 0 Å². The zero-order chi connectivity index (χ0) is 17.5. The van der Waals surface area contributed by atoms with Crippen LogP contribution in [0.15, 0.2) is 29.4 Å². The van der Waals surface area contributed by atoms with Crippen molar-refractivity contribution in [2.24, 2.45) is 10.9 Å². The van der Waals surface area contributed by atoms with Crippen LogP contribution in [0.4, 0.5) is 0 Å². The molecule has 2 aromatic rings. The highest BCUT2D eigenvalue weighted by Crippen LogP contribution is 2.26. The van der Waals surface area contributed by atoms with Crippen molar-refractivity contribution in [1.29, 1.82) is 0 Å². The number of aliphatic imine (C=N–C) groups is 1. The lowest BCUT2D eigenvalue weighted by Gasteiger charge is -2.29. The number of aromatic nitrogens is 3. The maximum Gasteiger partial charge on any atom is 0.191 e. The van der Waals surface area contributed by atoms with E-state index in [-0.39, 0.29) is 0 Å². The third-order valence-electron chi connectivity index (χ3n) is 5.24. The van der Waals surface area contributed by atoms with Crippen LogP contribution >= 0.6 is 0 Å². The molecule has 0 atom stereocenters. The van der Waals surface area contributed by atoms with E-state index in [1.54, 1.807) is 0 Å². The third-order valence-corrected chi connectivity index (χ3v) is 5.24. The van der Waals surface area contributed by atoms with E-state index < -0.39 is 0 Å². The summed E-state index contributed by atoms with van der Waals surface area (Å²) >= 11 is 0. The van der Waals surface area contributed by atoms with Crippen LogP contribution in [0.5, 0.6) is 0 Å². The van der Waals surface area contributed by atoms with E-state index >= 15 is 0 Å². The van der Waals surface area contributed by atoms with Gasteiger partial charge in [0.25, 0.3) is 0 Å². The summed E-state index contributed by atoms with van der Waals surface area (Å²) in [5, 5.41) is 15.5. The molecule has 0 spiro atoms. The highest BCUT2D eigenvalue weighted by molar-refractivity contribution is 5.79. The molecule has 0 aromatic carbocycles. The molecular weight excluding hydrogens is 312 g/mol. The van der Waals surface area contributed by atoms with Crippen molar-refractivity contribution in [3.8, 4) is 0 Å². The average Bonchev–Trinajstić information content (AvgIpc) is 3.08. The molecule has 6 heteroatoms. The van der Waals surface area contributed by atoms with E-state index in [1.165, 1.54) is 32.1 Å². The Morgan fingerprint density at radius 2 is 2.08 bits per heavy atom. The van der Waals surface area contributed by atoms with Crippen molar-refractivity contribution < 1.29 is 0 Å². The number of fused-ring (bicyclic) bond motifs is 1. The van der Waals surface area contributed by atoms with Crippen LogP contribution in [0.1, 0.15) is 51.3 Å². The van der Waals surface area contributed by atoms with Gasteiger partial charge in [0.1, 0.15) is 5.82 Å². The Morgan fingerprint density at radius 3 is 2.84 bits per heavy atom. The van der Waals surface area contributed by atoms with Gasteiger partial charge in [0, 0.05) is 32.3 Å². The second kappa shape index (κ2) is 8.83. The maximum absolute atomic E-state index is 4.37. The molecular formula is C19H30N6. The van der Waals surface area contributed by atoms with Crippen LogP contribution in [0.25, 0.3) is 5.65 Å². The van der Waals surface area contributed by atoms with E-state index in [1.807, 2.05) is 31.4 Å². The molecule has 1 fully saturated rings. The van der Waals surface area contributed by atoms with Crippen LogP contribution in [-0.4, -0.2) is 40.2 Å². The second-order valence-electron chi connectivity index (χ2n) is 6.92. The minimum absolute atomic E-state index is 0.564. The van der Waals surface area contributed by atoms with Crippen molar-refractivity contribution in [3.05, 3.63) is 30.2 Å². The predicted molar refractivity (Wildman–Crippen MR) is 102 cm³/mol. The fraction of sp³-hybridized carbons (Fsp3) is 0.632. The summed E-state index contributed by atoms with van der Waals surface area (Å²) in [6, 6.07) is 6.54. The zero-order valence-electron chi connectivity index (χ0n) is 15.4. The smallest absolute Gasteiger partial charge is 0.191 e. The molecule has 0 saturated heterocycles. The van der Waals surface area contributed by atoms with Crippen LogP contribution in [0.3, 0.4) is 0 Å². The molecule has 1 saturated carbocycles. The van der Waals surface area contributed by atoms with Crippen LogP contribution in [0.2, 0.25) is 0 Å². The van der Waals surface area contributed by atoms with Crippen molar-refractivity contribution in [2.75, 3.05) is 13.6 Å². The fourth-order valence-corrected chi connectivity index (χ4v) is 3.62. The predicted octanol–water partition coefficient (Wildman–Crippen LogP) is 2.80. The molecule has 136 valence electrons. The Kier molecular flexibility index (Phi) is 6.25. The van der Waals surface area contributed by atoms with Crippen LogP contribution in [-0.2, 0) is 6.42 Å². The van der Waals surface area contributed by atoms with Crippen LogP contribution in [0, 0.1) is 5.92 Å². The molecule has 0 bridgehead atoms. The van der Waals surface area contributed by atoms with Crippen molar-refractivity contribution in [1.82, 2.24) is 25.2 Å². The zero-order valence-corrected chi connectivity index (χ0v) is 15.4. The van der Waals surface area contributed by atoms with Gasteiger partial charge in [0.2, 0.25) is 0 Å². The highest BCUT2D eigenvalue weighted by Gasteiger charge is 2.20. The molecule has 1 aliphatic rings. The fourth-order valence-electron chi connectivity index (χ4n) is 3.62. The number of guanidine groups is 1. The van der Waals surface area contributed by atoms with Crippen LogP contribution < -0.4 is 10.6 Å². The number of pyridine rings is 1. The van der Waals surface area contributed by atoms with Gasteiger partial charge in [-0.1, -0.05) is 19.4 Å². The lowest BCUT2D eigenvalue weighted by molar-refractivity contribution is 0.304. The SMILES string of the molecule is CCC1CCC(NC(=NC)NCCCc2nnc3ccccn23)CC1. The van der Waals surface area contributed by atoms with Gasteiger partial charge in [0.15, 0.2) is 11.6 Å². The van der Waals surface area contributed by atoms with Crippen molar-refractivity contribution in [3.63, 3.8) is 0 Å². The first-order valence-electron chi connectivity index (χ1n) is 9.56. The van der Waals surface area contributed by atoms with Crippen molar-refractivity contribution in [2.45, 2.75) is 57.9 Å². The average molecular weight is 342 g/mol. The van der Waals surface area contributed by atoms with E-state index in [0.29, 0.717) is 6.04 Å². The summed E-state index contributed by atoms with van der Waals surface area (Å²) in [5.41, 5.74) is 0.908. The Hall–Kier alpha value is -2.11. The lowest BCUT2D eigenvalue weighted by atomic mass is 9.84. The van der Waals surface area contributed by atoms with Gasteiger partial charge < -0.3 is 10.6 Å². The molecule has 6 nitrogen and oxygen atoms in total. The van der Waals surface area contributed by atoms with Gasteiger partial charge in [-0.15, -0.1) is 10.2 Å². The first kappa shape index (κ1) is 17.7. The molecule has 0 unspecified atom stereocenters. The summed E-state index contributed by atoms with van der Waals surface area (Å²) in [6.07, 6.45) is 10.4. The molecule has 2 N–H and O–H groups in total. The van der Waals surface area contributed by atoms with Gasteiger partial charge >= 0.3 is 0 Å². The number of aryl methyl sites for hydroxylation is 1. The normalized spacial score (nSPS) is 21.4. The first-order valence-corrected chi connectivity index (χ1v) is 9.56. The van der Waals surface area contributed by atoms with E-state index in [2.05, 4.69) is 37.1 Å². The van der Waals surface area contributed by atoms with E-state index in [9.17, 15) is 0 Å². The minimum Gasteiger partial charge on any atom is -0.356 e. The topological polar surface area (TPSA) is 66.6 Å². The number of nitrogens with one attached hydrogen (secondary N) is 2. The molecule has 0 amide bonds. The highest BCUT2D eigenvalue weighted by atomic mass is 15.2. The van der Waals surface area contributed by atoms with Gasteiger partial charge in [-0.25, -0.2) is 0 Å². The quantitative estimate of drug-likeness (QED) is 0.481. The number of rotatable bonds is 6. The summed E-state index contributed by atoms with van der Waals surface area (Å²) in [6.45, 7) is 3.18. The minimum atomic E-state index is 0.564. The Bertz CT molecular complexity index is 684. The second-order valence-corrected chi connectivity index (χ2v) is 6.92. The molecule has 25 heavy (non-hydrogen) atoms. The molecule has 1 aliphatic carbocycles. The lowest BCUT2D eigenvalue weighted by Crippen LogP contribution is -2.45. The van der Waals surface area contributed by atoms with Gasteiger partial charge in [-0.3, -0.25) is 9.39 Å². The van der Waals surface area contributed by atoms with Gasteiger partial charge in [-0.05, 0) is 50.2 Å². The Morgan fingerprint density at radius 1 is 1.24 bits per heavy atom. The monoisotopic (exact) mass is 342 g/mol. The van der Waals surface area contributed by atoms with Gasteiger partial charge in [0.05, 0.1) is 0 Å². The largest absolute Gasteiger partial charge is 0.356 e. The van der Waals surface area contributed by atoms with Gasteiger partial charge in [-0.2, -0.15) is 0 Å². The first-order chi connectivity index (χ1) is 12.3. The number of hydrogen-bond acceptors (Lipinski definition) is 3. The number of nitrogens with zero attached hydrogens (tertiary/aromatic N) is 4. The summed E-state index contributed by atoms with van der Waals surface area (Å²) in [5.74, 6) is 2.86. The number of hydrogen-bond donors (Lipinski definition) is 2. The standard InChI is InChI=1S/C19H30N6/c1-3-15-9-11-16(12-10-15)22-19(20-2)21-13-6-8-18-24-23-17-7-4-5-14-25(17)18/h4-5,7,14-16H,3,6,8-13H2,1-2H3,(H2,20,21,22). The molecule has 3 rings (SSSR count). The molecule has 0 radical (unpaired) electrons. The summed E-state index contributed by atoms with van der Waals surface area (Å²) < 4.78 is 2.05. The summed E-state index contributed by atoms with van der Waals surface area (Å²) in [4.78, 5) is 4.37.